The van der Waals surface area contributed by atoms with Gasteiger partial charge in [-0.15, -0.1) is 0 Å². The highest BCUT2D eigenvalue weighted by molar-refractivity contribution is 6.30. The smallest absolute Gasteiger partial charge is 0.341 e. The summed E-state index contributed by atoms with van der Waals surface area (Å²) >= 11 is 5.82. The van der Waals surface area contributed by atoms with Crippen molar-refractivity contribution in [1.29, 1.82) is 0 Å². The van der Waals surface area contributed by atoms with Crippen LogP contribution < -0.4 is 4.74 Å². The van der Waals surface area contributed by atoms with Crippen LogP contribution >= 0.6 is 11.6 Å². The summed E-state index contributed by atoms with van der Waals surface area (Å²) in [5.41, 5.74) is 0.422. The third kappa shape index (κ3) is 3.99. The average molecular weight is 281 g/mol. The number of rotatable bonds is 5. The summed E-state index contributed by atoms with van der Waals surface area (Å²) in [5.74, 6) is 0.229. The zero-order chi connectivity index (χ0) is 13.7. The van der Waals surface area contributed by atoms with E-state index in [2.05, 4.69) is 5.10 Å². The third-order valence-corrected chi connectivity index (χ3v) is 2.56. The largest absolute Gasteiger partial charge is 0.490 e. The lowest BCUT2D eigenvalue weighted by Gasteiger charge is -2.06. The average Bonchev–Trinajstić information content (AvgIpc) is 2.81. The number of aromatic nitrogens is 2. The Morgan fingerprint density at radius 1 is 1.42 bits per heavy atom. The van der Waals surface area contributed by atoms with Crippen LogP contribution in [0, 0.1) is 0 Å². The van der Waals surface area contributed by atoms with Gasteiger partial charge >= 0.3 is 5.97 Å². The second-order valence-electron chi connectivity index (χ2n) is 3.84. The van der Waals surface area contributed by atoms with Gasteiger partial charge in [0, 0.05) is 18.3 Å². The molecule has 0 aliphatic carbocycles. The highest BCUT2D eigenvalue weighted by Gasteiger charge is 2.08. The SMILES string of the molecule is Cn1cc(C(=O)OCCOc2cccc(Cl)c2)cn1. The van der Waals surface area contributed by atoms with Crippen LogP contribution in [0.25, 0.3) is 0 Å². The molecule has 0 aliphatic rings. The predicted octanol–water partition coefficient (Wildman–Crippen LogP) is 2.31. The summed E-state index contributed by atoms with van der Waals surface area (Å²) < 4.78 is 12.0. The van der Waals surface area contributed by atoms with Crippen LogP contribution in [0.15, 0.2) is 36.7 Å². The Balaban J connectivity index is 1.74. The van der Waals surface area contributed by atoms with E-state index in [4.69, 9.17) is 21.1 Å². The molecule has 1 heterocycles. The molecule has 100 valence electrons. The number of halogens is 1. The van der Waals surface area contributed by atoms with E-state index in [9.17, 15) is 4.79 Å². The molecule has 0 saturated carbocycles. The van der Waals surface area contributed by atoms with Crippen LogP contribution in [-0.2, 0) is 11.8 Å². The molecule has 0 spiro atoms. The second kappa shape index (κ2) is 6.24. The van der Waals surface area contributed by atoms with Gasteiger partial charge in [0.05, 0.1) is 11.8 Å². The van der Waals surface area contributed by atoms with Crippen molar-refractivity contribution in [1.82, 2.24) is 9.78 Å². The number of nitrogens with zero attached hydrogens (tertiary/aromatic N) is 2. The Hall–Kier alpha value is -2.01. The molecule has 0 amide bonds. The normalized spacial score (nSPS) is 10.2. The minimum Gasteiger partial charge on any atom is -0.490 e. The molecule has 0 bridgehead atoms. The Morgan fingerprint density at radius 3 is 2.95 bits per heavy atom. The van der Waals surface area contributed by atoms with Gasteiger partial charge in [0.2, 0.25) is 0 Å². The molecule has 0 fully saturated rings. The molecule has 0 saturated heterocycles. The van der Waals surface area contributed by atoms with Gasteiger partial charge in [0.15, 0.2) is 0 Å². The van der Waals surface area contributed by atoms with Crippen LogP contribution in [0.2, 0.25) is 5.02 Å². The first-order chi connectivity index (χ1) is 9.15. The maximum atomic E-state index is 11.6. The van der Waals surface area contributed by atoms with Crippen LogP contribution in [0.5, 0.6) is 5.75 Å². The van der Waals surface area contributed by atoms with E-state index in [1.807, 2.05) is 0 Å². The fraction of sp³-hybridized carbons (Fsp3) is 0.231. The number of esters is 1. The van der Waals surface area contributed by atoms with Gasteiger partial charge in [-0.1, -0.05) is 17.7 Å². The monoisotopic (exact) mass is 280 g/mol. The topological polar surface area (TPSA) is 53.4 Å². The predicted molar refractivity (Wildman–Crippen MR) is 70.4 cm³/mol. The zero-order valence-corrected chi connectivity index (χ0v) is 11.1. The maximum Gasteiger partial charge on any atom is 0.341 e. The summed E-state index contributed by atoms with van der Waals surface area (Å²) in [7, 11) is 1.74. The van der Waals surface area contributed by atoms with Crippen LogP contribution in [0.3, 0.4) is 0 Å². The van der Waals surface area contributed by atoms with Crippen LogP contribution in [0.1, 0.15) is 10.4 Å². The highest BCUT2D eigenvalue weighted by Crippen LogP contribution is 2.16. The second-order valence-corrected chi connectivity index (χ2v) is 4.28. The number of carbonyl (C=O) groups is 1. The van der Waals surface area contributed by atoms with E-state index in [1.54, 1.807) is 42.2 Å². The number of aryl methyl sites for hydroxylation is 1. The van der Waals surface area contributed by atoms with E-state index >= 15 is 0 Å². The Kier molecular flexibility index (Phi) is 4.41. The Morgan fingerprint density at radius 2 is 2.26 bits per heavy atom. The van der Waals surface area contributed by atoms with E-state index < -0.39 is 5.97 Å². The van der Waals surface area contributed by atoms with Gasteiger partial charge in [-0.3, -0.25) is 4.68 Å². The van der Waals surface area contributed by atoms with Gasteiger partial charge in [0.1, 0.15) is 19.0 Å². The summed E-state index contributed by atoms with van der Waals surface area (Å²) in [6, 6.07) is 7.04. The number of hydrogen-bond donors (Lipinski definition) is 0. The molecular formula is C13H13ClN2O3. The lowest BCUT2D eigenvalue weighted by Crippen LogP contribution is -2.12. The van der Waals surface area contributed by atoms with Gasteiger partial charge < -0.3 is 9.47 Å². The molecule has 5 nitrogen and oxygen atoms in total. The summed E-state index contributed by atoms with van der Waals surface area (Å²) in [6.45, 7) is 0.437. The first kappa shape index (κ1) is 13.4. The lowest BCUT2D eigenvalue weighted by molar-refractivity contribution is 0.0450. The zero-order valence-electron chi connectivity index (χ0n) is 10.4. The fourth-order valence-corrected chi connectivity index (χ4v) is 1.64. The quantitative estimate of drug-likeness (QED) is 0.623. The molecule has 0 N–H and O–H groups in total. The number of carbonyl (C=O) groups excluding carboxylic acids is 1. The summed E-state index contributed by atoms with van der Waals surface area (Å²) in [5, 5.41) is 4.49. The minimum absolute atomic E-state index is 0.167. The third-order valence-electron chi connectivity index (χ3n) is 2.32. The first-order valence-corrected chi connectivity index (χ1v) is 6.07. The first-order valence-electron chi connectivity index (χ1n) is 5.69. The molecule has 0 atom stereocenters. The highest BCUT2D eigenvalue weighted by atomic mass is 35.5. The molecule has 1 aromatic heterocycles. The molecule has 1 aromatic carbocycles. The van der Waals surface area contributed by atoms with Crippen molar-refractivity contribution in [3.05, 3.63) is 47.2 Å². The lowest BCUT2D eigenvalue weighted by atomic mass is 10.3. The van der Waals surface area contributed by atoms with Crippen molar-refractivity contribution in [3.63, 3.8) is 0 Å². The van der Waals surface area contributed by atoms with E-state index in [0.717, 1.165) is 0 Å². The standard InChI is InChI=1S/C13H13ClN2O3/c1-16-9-10(8-15-16)13(17)19-6-5-18-12-4-2-3-11(14)7-12/h2-4,7-9H,5-6H2,1H3. The van der Waals surface area contributed by atoms with Gasteiger partial charge in [0.25, 0.3) is 0 Å². The molecule has 2 rings (SSSR count). The van der Waals surface area contributed by atoms with Crippen molar-refractivity contribution < 1.29 is 14.3 Å². The van der Waals surface area contributed by atoms with Crippen molar-refractivity contribution in [2.24, 2.45) is 7.05 Å². The van der Waals surface area contributed by atoms with Gasteiger partial charge in [-0.05, 0) is 18.2 Å². The molecular weight excluding hydrogens is 268 g/mol. The molecule has 0 radical (unpaired) electrons. The van der Waals surface area contributed by atoms with Crippen molar-refractivity contribution in [2.75, 3.05) is 13.2 Å². The van der Waals surface area contributed by atoms with Crippen molar-refractivity contribution in [2.45, 2.75) is 0 Å². The van der Waals surface area contributed by atoms with Gasteiger partial charge in [-0.25, -0.2) is 4.79 Å². The van der Waals surface area contributed by atoms with Crippen LogP contribution in [-0.4, -0.2) is 29.0 Å². The molecule has 6 heteroatoms. The summed E-state index contributed by atoms with van der Waals surface area (Å²) in [6.07, 6.45) is 3.06. The van der Waals surface area contributed by atoms with Crippen LogP contribution in [0.4, 0.5) is 0 Å². The molecule has 0 unspecified atom stereocenters. The van der Waals surface area contributed by atoms with E-state index in [-0.39, 0.29) is 13.2 Å². The van der Waals surface area contributed by atoms with E-state index in [0.29, 0.717) is 16.3 Å². The summed E-state index contributed by atoms with van der Waals surface area (Å²) in [4.78, 5) is 11.6. The maximum absolute atomic E-state index is 11.6. The number of hydrogen-bond acceptors (Lipinski definition) is 4. The molecule has 19 heavy (non-hydrogen) atoms. The van der Waals surface area contributed by atoms with Crippen molar-refractivity contribution in [3.8, 4) is 5.75 Å². The molecule has 0 aliphatic heterocycles. The molecule has 2 aromatic rings. The van der Waals surface area contributed by atoms with Crippen molar-refractivity contribution >= 4 is 17.6 Å². The minimum atomic E-state index is -0.414. The number of ether oxygens (including phenoxy) is 2. The van der Waals surface area contributed by atoms with Gasteiger partial charge in [-0.2, -0.15) is 5.10 Å². The fourth-order valence-electron chi connectivity index (χ4n) is 1.46. The Bertz CT molecular complexity index is 569. The van der Waals surface area contributed by atoms with E-state index in [1.165, 1.54) is 6.20 Å². The Labute approximate surface area is 115 Å². The number of benzene rings is 1.